The first-order valence-electron chi connectivity index (χ1n) is 8.79. The van der Waals surface area contributed by atoms with Crippen LogP contribution in [0, 0.1) is 6.92 Å². The Morgan fingerprint density at radius 1 is 0.964 bits per heavy atom. The summed E-state index contributed by atoms with van der Waals surface area (Å²) >= 11 is 0. The van der Waals surface area contributed by atoms with Gasteiger partial charge >= 0.3 is 0 Å². The summed E-state index contributed by atoms with van der Waals surface area (Å²) in [5.74, 6) is -0.606. The van der Waals surface area contributed by atoms with Gasteiger partial charge in [0.1, 0.15) is 6.04 Å². The normalized spacial score (nSPS) is 15.9. The summed E-state index contributed by atoms with van der Waals surface area (Å²) in [6.45, 7) is 3.40. The van der Waals surface area contributed by atoms with Crippen LogP contribution in [-0.4, -0.2) is 29.7 Å². The number of nitrogens with one attached hydrogen (secondary N) is 4. The van der Waals surface area contributed by atoms with Crippen molar-refractivity contribution in [2.75, 3.05) is 16.0 Å². The molecule has 3 rings (SSSR count). The fourth-order valence-electron chi connectivity index (χ4n) is 2.65. The van der Waals surface area contributed by atoms with Gasteiger partial charge in [-0.25, -0.2) is 4.99 Å². The number of hydrogen-bond donors (Lipinski definition) is 4. The van der Waals surface area contributed by atoms with Crippen LogP contribution in [0.4, 0.5) is 17.1 Å². The number of nitrogens with zero attached hydrogens (tertiary/aromatic N) is 1. The fraction of sp³-hybridized carbons (Fsp3) is 0.200. The van der Waals surface area contributed by atoms with Crippen molar-refractivity contribution in [3.05, 3.63) is 54.1 Å². The molecule has 144 valence electrons. The lowest BCUT2D eigenvalue weighted by molar-refractivity contribution is -0.124. The molecule has 2 aromatic carbocycles. The number of hydrogen-bond acceptors (Lipinski definition) is 5. The van der Waals surface area contributed by atoms with Gasteiger partial charge in [-0.2, -0.15) is 0 Å². The topological polar surface area (TPSA) is 112 Å². The van der Waals surface area contributed by atoms with Crippen molar-refractivity contribution in [2.24, 2.45) is 4.99 Å². The van der Waals surface area contributed by atoms with E-state index in [9.17, 15) is 14.4 Å². The first kappa shape index (κ1) is 19.1. The van der Waals surface area contributed by atoms with Crippen molar-refractivity contribution in [3.8, 4) is 0 Å². The molecule has 0 saturated carbocycles. The monoisotopic (exact) mass is 379 g/mol. The number of carbonyl (C=O) groups excluding carboxylic acids is 3. The van der Waals surface area contributed by atoms with E-state index < -0.39 is 6.04 Å². The smallest absolute Gasteiger partial charge is 0.249 e. The van der Waals surface area contributed by atoms with Crippen LogP contribution in [0.15, 0.2) is 53.5 Å². The summed E-state index contributed by atoms with van der Waals surface area (Å²) in [7, 11) is 0. The minimum absolute atomic E-state index is 0.0329. The Labute approximate surface area is 162 Å². The molecule has 28 heavy (non-hydrogen) atoms. The molecule has 1 aliphatic heterocycles. The molecule has 8 heteroatoms. The number of aryl methyl sites for hydroxylation is 1. The van der Waals surface area contributed by atoms with Crippen molar-refractivity contribution in [1.82, 2.24) is 5.32 Å². The minimum Gasteiger partial charge on any atom is -0.326 e. The van der Waals surface area contributed by atoms with Gasteiger partial charge in [-0.05, 0) is 43.3 Å². The molecule has 0 fully saturated rings. The average molecular weight is 379 g/mol. The molecular weight excluding hydrogens is 358 g/mol. The van der Waals surface area contributed by atoms with Crippen LogP contribution < -0.4 is 21.3 Å². The Hall–Kier alpha value is -3.68. The van der Waals surface area contributed by atoms with Gasteiger partial charge in [-0.3, -0.25) is 19.7 Å². The summed E-state index contributed by atoms with van der Waals surface area (Å²) in [5.41, 5.74) is 3.06. The Morgan fingerprint density at radius 2 is 1.54 bits per heavy atom. The van der Waals surface area contributed by atoms with Crippen LogP contribution in [0.25, 0.3) is 0 Å². The molecule has 0 aromatic heterocycles. The van der Waals surface area contributed by atoms with E-state index in [0.29, 0.717) is 11.4 Å². The van der Waals surface area contributed by atoms with Gasteiger partial charge < -0.3 is 16.0 Å². The van der Waals surface area contributed by atoms with Crippen molar-refractivity contribution < 1.29 is 14.4 Å². The molecule has 3 amide bonds. The molecule has 0 spiro atoms. The average Bonchev–Trinajstić information content (AvgIpc) is 2.64. The molecule has 1 aliphatic rings. The Kier molecular flexibility index (Phi) is 5.69. The number of anilines is 3. The SMILES string of the molecule is CC(=O)Nc1ccc(NC(=O)C2CC(=O)NC(Nc3ccc(C)cc3)=N2)cc1. The highest BCUT2D eigenvalue weighted by Gasteiger charge is 2.27. The highest BCUT2D eigenvalue weighted by molar-refractivity contribution is 6.10. The van der Waals surface area contributed by atoms with Gasteiger partial charge in [-0.1, -0.05) is 17.7 Å². The highest BCUT2D eigenvalue weighted by Crippen LogP contribution is 2.16. The van der Waals surface area contributed by atoms with Gasteiger partial charge in [0, 0.05) is 24.0 Å². The van der Waals surface area contributed by atoms with E-state index >= 15 is 0 Å². The molecule has 1 atom stereocenters. The van der Waals surface area contributed by atoms with Crippen LogP contribution in [0.2, 0.25) is 0 Å². The van der Waals surface area contributed by atoms with E-state index in [2.05, 4.69) is 26.3 Å². The van der Waals surface area contributed by atoms with Crippen molar-refractivity contribution in [3.63, 3.8) is 0 Å². The second-order valence-electron chi connectivity index (χ2n) is 6.48. The maximum absolute atomic E-state index is 12.5. The second-order valence-corrected chi connectivity index (χ2v) is 6.48. The first-order chi connectivity index (χ1) is 13.4. The van der Waals surface area contributed by atoms with E-state index in [1.165, 1.54) is 6.92 Å². The Balaban J connectivity index is 1.67. The van der Waals surface area contributed by atoms with E-state index in [0.717, 1.165) is 11.3 Å². The molecule has 0 aliphatic carbocycles. The summed E-state index contributed by atoms with van der Waals surface area (Å²) in [4.78, 5) is 39.9. The standard InChI is InChI=1S/C20H21N5O3/c1-12-3-5-16(6-4-12)23-20-24-17(11-18(27)25-20)19(28)22-15-9-7-14(8-10-15)21-13(2)26/h3-10,17H,11H2,1-2H3,(H,21,26)(H,22,28)(H2,23,24,25,27). The van der Waals surface area contributed by atoms with Gasteiger partial charge in [0.15, 0.2) is 0 Å². The third-order valence-electron chi connectivity index (χ3n) is 4.01. The maximum Gasteiger partial charge on any atom is 0.249 e. The molecule has 4 N–H and O–H groups in total. The van der Waals surface area contributed by atoms with Gasteiger partial charge in [0.25, 0.3) is 0 Å². The van der Waals surface area contributed by atoms with Crippen LogP contribution >= 0.6 is 0 Å². The minimum atomic E-state index is -0.836. The van der Waals surface area contributed by atoms with Crippen molar-refractivity contribution >= 4 is 40.7 Å². The van der Waals surface area contributed by atoms with Gasteiger partial charge in [-0.15, -0.1) is 0 Å². The van der Waals surface area contributed by atoms with Gasteiger partial charge in [0.2, 0.25) is 23.7 Å². The van der Waals surface area contributed by atoms with Crippen molar-refractivity contribution in [2.45, 2.75) is 26.3 Å². The number of guanidine groups is 1. The van der Waals surface area contributed by atoms with Gasteiger partial charge in [0.05, 0.1) is 6.42 Å². The predicted octanol–water partition coefficient (Wildman–Crippen LogP) is 2.25. The fourth-order valence-corrected chi connectivity index (χ4v) is 2.65. The largest absolute Gasteiger partial charge is 0.326 e. The lowest BCUT2D eigenvalue weighted by Crippen LogP contribution is -2.45. The zero-order valence-electron chi connectivity index (χ0n) is 15.6. The molecule has 0 saturated heterocycles. The lowest BCUT2D eigenvalue weighted by atomic mass is 10.1. The van der Waals surface area contributed by atoms with E-state index in [1.807, 2.05) is 31.2 Å². The van der Waals surface area contributed by atoms with E-state index in [-0.39, 0.29) is 30.1 Å². The molecule has 1 heterocycles. The van der Waals surface area contributed by atoms with E-state index in [4.69, 9.17) is 0 Å². The third-order valence-corrected chi connectivity index (χ3v) is 4.01. The van der Waals surface area contributed by atoms with Crippen LogP contribution in [0.3, 0.4) is 0 Å². The predicted molar refractivity (Wildman–Crippen MR) is 108 cm³/mol. The number of rotatable bonds is 4. The summed E-state index contributed by atoms with van der Waals surface area (Å²) in [5, 5.41) is 11.0. The zero-order chi connectivity index (χ0) is 20.1. The number of aliphatic imine (C=N–C) groups is 1. The molecule has 0 radical (unpaired) electrons. The summed E-state index contributed by atoms with van der Waals surface area (Å²) in [6, 6.07) is 13.5. The van der Waals surface area contributed by atoms with E-state index in [1.54, 1.807) is 24.3 Å². The molecule has 2 aromatic rings. The Bertz CT molecular complexity index is 920. The number of benzene rings is 2. The van der Waals surface area contributed by atoms with Crippen LogP contribution in [0.5, 0.6) is 0 Å². The molecule has 8 nitrogen and oxygen atoms in total. The summed E-state index contributed by atoms with van der Waals surface area (Å²) in [6.07, 6.45) is -0.0329. The van der Waals surface area contributed by atoms with Crippen molar-refractivity contribution in [1.29, 1.82) is 0 Å². The first-order valence-corrected chi connectivity index (χ1v) is 8.79. The zero-order valence-corrected chi connectivity index (χ0v) is 15.6. The number of carbonyl (C=O) groups is 3. The quantitative estimate of drug-likeness (QED) is 0.653. The van der Waals surface area contributed by atoms with Crippen LogP contribution in [0.1, 0.15) is 18.9 Å². The number of amides is 3. The molecule has 1 unspecified atom stereocenters. The lowest BCUT2D eigenvalue weighted by Gasteiger charge is -2.21. The van der Waals surface area contributed by atoms with Crippen LogP contribution in [-0.2, 0) is 14.4 Å². The highest BCUT2D eigenvalue weighted by atomic mass is 16.2. The molecular formula is C20H21N5O3. The summed E-state index contributed by atoms with van der Waals surface area (Å²) < 4.78 is 0. The molecule has 0 bridgehead atoms. The maximum atomic E-state index is 12.5. The third kappa shape index (κ3) is 5.16. The second kappa shape index (κ2) is 8.34. The Morgan fingerprint density at radius 3 is 2.14 bits per heavy atom.